The quantitative estimate of drug-likeness (QED) is 0.925. The van der Waals surface area contributed by atoms with Crippen LogP contribution in [0.15, 0.2) is 18.2 Å². The van der Waals surface area contributed by atoms with Crippen molar-refractivity contribution in [2.75, 3.05) is 31.1 Å². The summed E-state index contributed by atoms with van der Waals surface area (Å²) in [6.45, 7) is 9.67. The third-order valence-corrected chi connectivity index (χ3v) is 4.42. The summed E-state index contributed by atoms with van der Waals surface area (Å²) in [5.74, 6) is 0.109. The maximum atomic E-state index is 12.2. The lowest BCUT2D eigenvalue weighted by Gasteiger charge is -2.38. The van der Waals surface area contributed by atoms with Gasteiger partial charge in [-0.2, -0.15) is 0 Å². The summed E-state index contributed by atoms with van der Waals surface area (Å²) in [4.78, 5) is 16.5. The molecule has 0 aromatic heterocycles. The molecule has 2 N–H and O–H groups in total. The van der Waals surface area contributed by atoms with E-state index < -0.39 is 0 Å². The molecule has 124 valence electrons. The summed E-state index contributed by atoms with van der Waals surface area (Å²) in [6, 6.07) is 6.08. The van der Waals surface area contributed by atoms with Gasteiger partial charge in [0.15, 0.2) is 0 Å². The lowest BCUT2D eigenvalue weighted by Crippen LogP contribution is -2.53. The zero-order chi connectivity index (χ0) is 15.4. The van der Waals surface area contributed by atoms with E-state index >= 15 is 0 Å². The lowest BCUT2D eigenvalue weighted by molar-refractivity contribution is -0.133. The molecular formula is C17H28ClN3O. The third-order valence-electron chi connectivity index (χ3n) is 4.42. The summed E-state index contributed by atoms with van der Waals surface area (Å²) in [6.07, 6.45) is 1.73. The number of hydrogen-bond donors (Lipinski definition) is 1. The fourth-order valence-electron chi connectivity index (χ4n) is 2.91. The summed E-state index contributed by atoms with van der Waals surface area (Å²) in [5.41, 5.74) is 9.88. The monoisotopic (exact) mass is 325 g/mol. The maximum Gasteiger partial charge on any atom is 0.239 e. The molecule has 2 rings (SSSR count). The average molecular weight is 326 g/mol. The van der Waals surface area contributed by atoms with Crippen molar-refractivity contribution < 1.29 is 4.79 Å². The van der Waals surface area contributed by atoms with E-state index in [9.17, 15) is 4.79 Å². The molecule has 1 unspecified atom stereocenters. The van der Waals surface area contributed by atoms with Crippen LogP contribution in [-0.4, -0.2) is 43.0 Å². The highest BCUT2D eigenvalue weighted by molar-refractivity contribution is 5.85. The Kier molecular flexibility index (Phi) is 7.17. The molecule has 4 nitrogen and oxygen atoms in total. The average Bonchev–Trinajstić information content (AvgIpc) is 2.50. The normalized spacial score (nSPS) is 16.2. The summed E-state index contributed by atoms with van der Waals surface area (Å²) in [5, 5.41) is 0. The molecule has 1 heterocycles. The zero-order valence-electron chi connectivity index (χ0n) is 13.8. The number of benzene rings is 1. The molecule has 0 radical (unpaired) electrons. The minimum absolute atomic E-state index is 0. The van der Waals surface area contributed by atoms with Crippen LogP contribution in [0.3, 0.4) is 0 Å². The van der Waals surface area contributed by atoms with Gasteiger partial charge in [-0.15, -0.1) is 12.4 Å². The Morgan fingerprint density at radius 3 is 2.45 bits per heavy atom. The van der Waals surface area contributed by atoms with Crippen LogP contribution in [0.2, 0.25) is 0 Å². The predicted octanol–water partition coefficient (Wildman–Crippen LogP) is 2.50. The first-order valence-corrected chi connectivity index (χ1v) is 7.90. The second-order valence-electron chi connectivity index (χ2n) is 5.93. The molecule has 1 aromatic rings. The van der Waals surface area contributed by atoms with Gasteiger partial charge in [0.25, 0.3) is 0 Å². The molecule has 1 saturated heterocycles. The fourth-order valence-corrected chi connectivity index (χ4v) is 2.91. The number of nitrogens with zero attached hydrogens (tertiary/aromatic N) is 2. The number of carbonyl (C=O) groups is 1. The molecule has 22 heavy (non-hydrogen) atoms. The third kappa shape index (κ3) is 4.14. The molecule has 0 bridgehead atoms. The SMILES string of the molecule is CCCC(N)C(=O)N1CCN(c2cccc(C)c2C)CC1.Cl. The number of amides is 1. The first-order chi connectivity index (χ1) is 10.0. The highest BCUT2D eigenvalue weighted by atomic mass is 35.5. The molecule has 1 aliphatic heterocycles. The number of hydrogen-bond acceptors (Lipinski definition) is 3. The molecule has 1 atom stereocenters. The topological polar surface area (TPSA) is 49.6 Å². The Bertz CT molecular complexity index is 499. The van der Waals surface area contributed by atoms with Gasteiger partial charge in [-0.3, -0.25) is 4.79 Å². The minimum Gasteiger partial charge on any atom is -0.368 e. The second-order valence-corrected chi connectivity index (χ2v) is 5.93. The molecule has 1 amide bonds. The Morgan fingerprint density at radius 1 is 1.23 bits per heavy atom. The van der Waals surface area contributed by atoms with Crippen molar-refractivity contribution in [1.29, 1.82) is 0 Å². The van der Waals surface area contributed by atoms with E-state index in [1.165, 1.54) is 16.8 Å². The number of piperazine rings is 1. The number of halogens is 1. The van der Waals surface area contributed by atoms with Crippen molar-refractivity contribution in [2.45, 2.75) is 39.7 Å². The maximum absolute atomic E-state index is 12.2. The van der Waals surface area contributed by atoms with Crippen molar-refractivity contribution in [3.8, 4) is 0 Å². The van der Waals surface area contributed by atoms with Crippen molar-refractivity contribution in [2.24, 2.45) is 5.73 Å². The van der Waals surface area contributed by atoms with Gasteiger partial charge in [0.2, 0.25) is 5.91 Å². The fraction of sp³-hybridized carbons (Fsp3) is 0.588. The number of aryl methyl sites for hydroxylation is 1. The van der Waals surface area contributed by atoms with Crippen LogP contribution in [-0.2, 0) is 4.79 Å². The van der Waals surface area contributed by atoms with Crippen molar-refractivity contribution in [3.63, 3.8) is 0 Å². The molecule has 1 fully saturated rings. The summed E-state index contributed by atoms with van der Waals surface area (Å²) < 4.78 is 0. The minimum atomic E-state index is -0.331. The van der Waals surface area contributed by atoms with Gasteiger partial charge in [-0.25, -0.2) is 0 Å². The highest BCUT2D eigenvalue weighted by Gasteiger charge is 2.25. The van der Waals surface area contributed by atoms with Crippen LogP contribution in [0.1, 0.15) is 30.9 Å². The van der Waals surface area contributed by atoms with Gasteiger partial charge in [-0.05, 0) is 37.5 Å². The van der Waals surface area contributed by atoms with E-state index in [0.29, 0.717) is 0 Å². The van der Waals surface area contributed by atoms with Crippen LogP contribution in [0.4, 0.5) is 5.69 Å². The first-order valence-electron chi connectivity index (χ1n) is 7.90. The number of nitrogens with two attached hydrogens (primary N) is 1. The molecule has 1 aliphatic rings. The number of carbonyl (C=O) groups excluding carboxylic acids is 1. The lowest BCUT2D eigenvalue weighted by atomic mass is 10.1. The van der Waals surface area contributed by atoms with Crippen molar-refractivity contribution in [3.05, 3.63) is 29.3 Å². The Balaban J connectivity index is 0.00000242. The molecule has 1 aromatic carbocycles. The van der Waals surface area contributed by atoms with Gasteiger partial charge in [0.05, 0.1) is 6.04 Å². The first kappa shape index (κ1) is 18.8. The van der Waals surface area contributed by atoms with E-state index in [1.54, 1.807) is 0 Å². The molecular weight excluding hydrogens is 298 g/mol. The molecule has 0 spiro atoms. The standard InChI is InChI=1S/C17H27N3O.ClH/c1-4-6-15(18)17(21)20-11-9-19(10-12-20)16-8-5-7-13(2)14(16)3;/h5,7-8,15H,4,6,9-12,18H2,1-3H3;1H. The van der Waals surface area contributed by atoms with E-state index in [0.717, 1.165) is 39.0 Å². The van der Waals surface area contributed by atoms with E-state index in [2.05, 4.69) is 43.9 Å². The Labute approximate surface area is 140 Å². The highest BCUT2D eigenvalue weighted by Crippen LogP contribution is 2.24. The van der Waals surface area contributed by atoms with Crippen molar-refractivity contribution >= 4 is 24.0 Å². The largest absolute Gasteiger partial charge is 0.368 e. The summed E-state index contributed by atoms with van der Waals surface area (Å²) >= 11 is 0. The van der Waals surface area contributed by atoms with Crippen LogP contribution in [0, 0.1) is 13.8 Å². The van der Waals surface area contributed by atoms with E-state index in [-0.39, 0.29) is 24.4 Å². The second kappa shape index (κ2) is 8.39. The van der Waals surface area contributed by atoms with E-state index in [4.69, 9.17) is 5.73 Å². The van der Waals surface area contributed by atoms with Crippen LogP contribution >= 0.6 is 12.4 Å². The van der Waals surface area contributed by atoms with Gasteiger partial charge in [0, 0.05) is 31.9 Å². The van der Waals surface area contributed by atoms with Crippen LogP contribution in [0.25, 0.3) is 0 Å². The Morgan fingerprint density at radius 2 is 1.86 bits per heavy atom. The van der Waals surface area contributed by atoms with Crippen LogP contribution in [0.5, 0.6) is 0 Å². The molecule has 0 saturated carbocycles. The predicted molar refractivity (Wildman–Crippen MR) is 94.8 cm³/mol. The van der Waals surface area contributed by atoms with Crippen LogP contribution < -0.4 is 10.6 Å². The van der Waals surface area contributed by atoms with Gasteiger partial charge >= 0.3 is 0 Å². The van der Waals surface area contributed by atoms with Crippen molar-refractivity contribution in [1.82, 2.24) is 4.90 Å². The number of anilines is 1. The molecule has 5 heteroatoms. The van der Waals surface area contributed by atoms with Gasteiger partial charge < -0.3 is 15.5 Å². The van der Waals surface area contributed by atoms with Gasteiger partial charge in [-0.1, -0.05) is 25.5 Å². The summed E-state index contributed by atoms with van der Waals surface area (Å²) in [7, 11) is 0. The smallest absolute Gasteiger partial charge is 0.239 e. The number of rotatable bonds is 4. The van der Waals surface area contributed by atoms with Gasteiger partial charge in [0.1, 0.15) is 0 Å². The van der Waals surface area contributed by atoms with E-state index in [1.807, 2.05) is 4.90 Å². The Hall–Kier alpha value is -1.26. The molecule has 0 aliphatic carbocycles. The zero-order valence-corrected chi connectivity index (χ0v) is 14.7.